The number of ether oxygens (including phenoxy) is 1. The molecule has 0 aliphatic carbocycles. The summed E-state index contributed by atoms with van der Waals surface area (Å²) in [5.41, 5.74) is 2.67. The number of carbonyl (C=O) groups is 3. The first-order valence-electron chi connectivity index (χ1n) is 15.0. The summed E-state index contributed by atoms with van der Waals surface area (Å²) in [7, 11) is 0. The summed E-state index contributed by atoms with van der Waals surface area (Å²) in [6.45, 7) is 2.41. The molecule has 5 rings (SSSR count). The van der Waals surface area contributed by atoms with Gasteiger partial charge in [0, 0.05) is 21.8 Å². The number of nitrogens with one attached hydrogen (secondary N) is 3. The third-order valence-corrected chi connectivity index (χ3v) is 8.44. The standard InChI is InChI=1S/C38H31ClFN3O4S/c1-2-47-30-19-16-25(17-20-30)22-34(43-36(44)27-12-7-4-8-13-27)37(45)41-28-14-9-15-31(23-28)48-35(26-10-5-3-6-11-26)38(46)42-29-18-21-33(40)32(39)24-29/h3-24,35H,2H2,1H3,(H,41,45)(H,42,46)(H,43,44)/b34-22+. The Hall–Kier alpha value is -5.38. The molecule has 1 unspecified atom stereocenters. The monoisotopic (exact) mass is 679 g/mol. The Balaban J connectivity index is 1.37. The molecule has 0 heterocycles. The van der Waals surface area contributed by atoms with Gasteiger partial charge in [0.1, 0.15) is 22.5 Å². The molecule has 242 valence electrons. The number of carbonyl (C=O) groups excluding carboxylic acids is 3. The average molecular weight is 680 g/mol. The molecule has 3 amide bonds. The number of benzene rings is 5. The fourth-order valence-corrected chi connectivity index (χ4v) is 5.86. The molecule has 5 aromatic rings. The first-order chi connectivity index (χ1) is 23.3. The van der Waals surface area contributed by atoms with E-state index in [9.17, 15) is 18.8 Å². The largest absolute Gasteiger partial charge is 0.494 e. The number of hydrogen-bond acceptors (Lipinski definition) is 5. The zero-order valence-electron chi connectivity index (χ0n) is 25.8. The molecule has 0 spiro atoms. The molecule has 7 nitrogen and oxygen atoms in total. The van der Waals surface area contributed by atoms with Crippen LogP contribution in [0.25, 0.3) is 6.08 Å². The van der Waals surface area contributed by atoms with Crippen LogP contribution in [0.1, 0.15) is 33.7 Å². The predicted octanol–water partition coefficient (Wildman–Crippen LogP) is 8.76. The number of anilines is 2. The van der Waals surface area contributed by atoms with Crippen molar-refractivity contribution in [2.45, 2.75) is 17.1 Å². The molecule has 1 atom stereocenters. The number of thioether (sulfide) groups is 1. The van der Waals surface area contributed by atoms with E-state index < -0.39 is 22.9 Å². The number of rotatable bonds is 12. The predicted molar refractivity (Wildman–Crippen MR) is 190 cm³/mol. The summed E-state index contributed by atoms with van der Waals surface area (Å²) in [6.07, 6.45) is 1.59. The lowest BCUT2D eigenvalue weighted by Crippen LogP contribution is -2.30. The van der Waals surface area contributed by atoms with Crippen LogP contribution in [-0.4, -0.2) is 24.3 Å². The van der Waals surface area contributed by atoms with Crippen molar-refractivity contribution in [2.75, 3.05) is 17.2 Å². The van der Waals surface area contributed by atoms with Gasteiger partial charge in [-0.05, 0) is 84.8 Å². The molecule has 0 saturated heterocycles. The van der Waals surface area contributed by atoms with Gasteiger partial charge in [-0.25, -0.2) is 4.39 Å². The maximum atomic E-state index is 13.7. The summed E-state index contributed by atoms with van der Waals surface area (Å²) >= 11 is 7.20. The maximum absolute atomic E-state index is 13.7. The fourth-order valence-electron chi connectivity index (χ4n) is 4.60. The van der Waals surface area contributed by atoms with Gasteiger partial charge < -0.3 is 20.7 Å². The van der Waals surface area contributed by atoms with Gasteiger partial charge >= 0.3 is 0 Å². The molecule has 48 heavy (non-hydrogen) atoms. The second-order valence-electron chi connectivity index (χ2n) is 10.4. The summed E-state index contributed by atoms with van der Waals surface area (Å²) < 4.78 is 19.2. The minimum Gasteiger partial charge on any atom is -0.494 e. The van der Waals surface area contributed by atoms with Crippen molar-refractivity contribution in [1.29, 1.82) is 0 Å². The molecular formula is C38H31ClFN3O4S. The van der Waals surface area contributed by atoms with Crippen LogP contribution in [0.3, 0.4) is 0 Å². The normalized spacial score (nSPS) is 11.7. The van der Waals surface area contributed by atoms with E-state index in [4.69, 9.17) is 16.3 Å². The molecule has 5 aromatic carbocycles. The van der Waals surface area contributed by atoms with Gasteiger partial charge in [0.2, 0.25) is 5.91 Å². The first kappa shape index (κ1) is 34.0. The average Bonchev–Trinajstić information content (AvgIpc) is 3.10. The van der Waals surface area contributed by atoms with Gasteiger partial charge in [0.25, 0.3) is 11.8 Å². The van der Waals surface area contributed by atoms with E-state index in [0.717, 1.165) is 5.56 Å². The van der Waals surface area contributed by atoms with E-state index >= 15 is 0 Å². The lowest BCUT2D eigenvalue weighted by Gasteiger charge is -2.18. The van der Waals surface area contributed by atoms with Crippen LogP contribution in [0.15, 0.2) is 138 Å². The Morgan fingerprint density at radius 3 is 2.19 bits per heavy atom. The van der Waals surface area contributed by atoms with Gasteiger partial charge in [0.15, 0.2) is 0 Å². The number of hydrogen-bond donors (Lipinski definition) is 3. The third kappa shape index (κ3) is 9.34. The molecule has 0 fully saturated rings. The molecule has 0 saturated carbocycles. The zero-order valence-corrected chi connectivity index (χ0v) is 27.4. The summed E-state index contributed by atoms with van der Waals surface area (Å²) in [5.74, 6) is -1.22. The van der Waals surface area contributed by atoms with E-state index in [1.165, 1.54) is 30.0 Å². The SMILES string of the molecule is CCOc1ccc(/C=C(/NC(=O)c2ccccc2)C(=O)Nc2cccc(SC(C(=O)Nc3ccc(F)c(Cl)c3)c3ccccc3)c2)cc1. The highest BCUT2D eigenvalue weighted by Gasteiger charge is 2.23. The van der Waals surface area contributed by atoms with Crippen molar-refractivity contribution >= 4 is 58.5 Å². The Labute approximate surface area is 287 Å². The van der Waals surface area contributed by atoms with Crippen molar-refractivity contribution < 1.29 is 23.5 Å². The summed E-state index contributed by atoms with van der Waals surface area (Å²) in [6, 6.07) is 36.0. The second-order valence-corrected chi connectivity index (χ2v) is 12.0. The van der Waals surface area contributed by atoms with Crippen molar-refractivity contribution in [1.82, 2.24) is 5.32 Å². The molecule has 3 N–H and O–H groups in total. The first-order valence-corrected chi connectivity index (χ1v) is 16.2. The van der Waals surface area contributed by atoms with Crippen molar-refractivity contribution in [3.63, 3.8) is 0 Å². The van der Waals surface area contributed by atoms with Crippen LogP contribution in [-0.2, 0) is 9.59 Å². The minimum atomic E-state index is -0.693. The quantitative estimate of drug-likeness (QED) is 0.0905. The molecule has 0 bridgehead atoms. The van der Waals surface area contributed by atoms with Crippen molar-refractivity contribution in [3.05, 3.63) is 161 Å². The lowest BCUT2D eigenvalue weighted by molar-refractivity contribution is -0.116. The number of amides is 3. The van der Waals surface area contributed by atoms with Gasteiger partial charge in [-0.1, -0.05) is 78.3 Å². The topological polar surface area (TPSA) is 96.5 Å². The fraction of sp³-hybridized carbons (Fsp3) is 0.0789. The van der Waals surface area contributed by atoms with Crippen LogP contribution in [0.5, 0.6) is 5.75 Å². The van der Waals surface area contributed by atoms with Crippen LogP contribution in [0, 0.1) is 5.82 Å². The Bertz CT molecular complexity index is 1920. The molecule has 0 aliphatic rings. The zero-order chi connectivity index (χ0) is 33.9. The van der Waals surface area contributed by atoms with Gasteiger partial charge in [0.05, 0.1) is 11.6 Å². The van der Waals surface area contributed by atoms with Crippen LogP contribution < -0.4 is 20.7 Å². The summed E-state index contributed by atoms with van der Waals surface area (Å²) in [4.78, 5) is 40.9. The van der Waals surface area contributed by atoms with Crippen LogP contribution in [0.4, 0.5) is 15.8 Å². The van der Waals surface area contributed by atoms with Crippen LogP contribution in [0.2, 0.25) is 5.02 Å². The molecule has 0 aromatic heterocycles. The van der Waals surface area contributed by atoms with E-state index in [1.807, 2.05) is 43.3 Å². The highest BCUT2D eigenvalue weighted by atomic mass is 35.5. The van der Waals surface area contributed by atoms with Crippen LogP contribution >= 0.6 is 23.4 Å². The maximum Gasteiger partial charge on any atom is 0.272 e. The molecule has 0 radical (unpaired) electrons. The molecule has 0 aliphatic heterocycles. The van der Waals surface area contributed by atoms with Crippen molar-refractivity contribution in [3.8, 4) is 5.75 Å². The van der Waals surface area contributed by atoms with Crippen molar-refractivity contribution in [2.24, 2.45) is 0 Å². The summed E-state index contributed by atoms with van der Waals surface area (Å²) in [5, 5.41) is 7.64. The third-order valence-electron chi connectivity index (χ3n) is 6.90. The lowest BCUT2D eigenvalue weighted by atomic mass is 10.1. The molecular weight excluding hydrogens is 649 g/mol. The van der Waals surface area contributed by atoms with E-state index in [1.54, 1.807) is 78.9 Å². The van der Waals surface area contributed by atoms with E-state index in [2.05, 4.69) is 16.0 Å². The Morgan fingerprint density at radius 2 is 1.50 bits per heavy atom. The van der Waals surface area contributed by atoms with E-state index in [0.29, 0.717) is 39.8 Å². The Morgan fingerprint density at radius 1 is 0.812 bits per heavy atom. The van der Waals surface area contributed by atoms with Gasteiger partial charge in [-0.3, -0.25) is 14.4 Å². The van der Waals surface area contributed by atoms with E-state index in [-0.39, 0.29) is 16.6 Å². The smallest absolute Gasteiger partial charge is 0.272 e. The van der Waals surface area contributed by atoms with Gasteiger partial charge in [-0.15, -0.1) is 11.8 Å². The minimum absolute atomic E-state index is 0.0329. The van der Waals surface area contributed by atoms with Gasteiger partial charge in [-0.2, -0.15) is 0 Å². The highest BCUT2D eigenvalue weighted by molar-refractivity contribution is 8.00. The Kier molecular flexibility index (Phi) is 11.6. The number of halogens is 2. The molecule has 10 heteroatoms. The highest BCUT2D eigenvalue weighted by Crippen LogP contribution is 2.37. The second kappa shape index (κ2) is 16.4.